The molecule has 1 N–H and O–H groups in total. The monoisotopic (exact) mass is 387 g/mol. The Hall–Kier alpha value is -3.18. The number of nitrogens with one attached hydrogen (secondary N) is 1. The van der Waals surface area contributed by atoms with E-state index in [1.165, 1.54) is 23.5 Å². The van der Waals surface area contributed by atoms with E-state index in [2.05, 4.69) is 10.3 Å². The summed E-state index contributed by atoms with van der Waals surface area (Å²) in [5.74, 6) is -0.859. The van der Waals surface area contributed by atoms with E-state index < -0.39 is 23.2 Å². The number of aromatic nitrogens is 1. The number of alkyl halides is 3. The minimum atomic E-state index is -4.61. The maximum absolute atomic E-state index is 13.0. The first-order valence-electron chi connectivity index (χ1n) is 7.78. The number of hydrogen-bond donors (Lipinski definition) is 1. The first-order valence-corrected chi connectivity index (χ1v) is 8.60. The number of hydrogen-bond acceptors (Lipinski definition) is 4. The molecule has 0 aliphatic heterocycles. The Labute approximate surface area is 156 Å². The molecule has 0 aliphatic carbocycles. The van der Waals surface area contributed by atoms with Gasteiger partial charge in [-0.1, -0.05) is 24.3 Å². The van der Waals surface area contributed by atoms with E-state index in [4.69, 9.17) is 5.26 Å². The van der Waals surface area contributed by atoms with Crippen LogP contribution in [-0.4, -0.2) is 10.9 Å². The zero-order valence-corrected chi connectivity index (χ0v) is 14.6. The van der Waals surface area contributed by atoms with Crippen LogP contribution < -0.4 is 5.32 Å². The van der Waals surface area contributed by atoms with E-state index in [-0.39, 0.29) is 5.13 Å². The molecule has 1 heterocycles. The standard InChI is InChI=1S/C19H12F3N3OS/c20-19(21,22)16-4-2-1-3-15(16)17(26)25-18-24-11-14(27-18)9-12-5-7-13(10-23)8-6-12/h1-8,11H,9H2,(H,24,25,26). The number of anilines is 1. The van der Waals surface area contributed by atoms with Gasteiger partial charge in [0.15, 0.2) is 5.13 Å². The van der Waals surface area contributed by atoms with Gasteiger partial charge >= 0.3 is 6.18 Å². The summed E-state index contributed by atoms with van der Waals surface area (Å²) in [6.45, 7) is 0. The average molecular weight is 387 g/mol. The predicted octanol–water partition coefficient (Wildman–Crippen LogP) is 4.88. The molecule has 3 rings (SSSR count). The topological polar surface area (TPSA) is 65.8 Å². The van der Waals surface area contributed by atoms with Gasteiger partial charge < -0.3 is 0 Å². The zero-order chi connectivity index (χ0) is 19.4. The third-order valence-electron chi connectivity index (χ3n) is 3.71. The van der Waals surface area contributed by atoms with E-state index in [9.17, 15) is 18.0 Å². The summed E-state index contributed by atoms with van der Waals surface area (Å²) in [4.78, 5) is 17.1. The van der Waals surface area contributed by atoms with Crippen molar-refractivity contribution in [3.63, 3.8) is 0 Å². The smallest absolute Gasteiger partial charge is 0.298 e. The number of amides is 1. The second-order valence-corrected chi connectivity index (χ2v) is 6.73. The highest BCUT2D eigenvalue weighted by Crippen LogP contribution is 2.32. The summed E-state index contributed by atoms with van der Waals surface area (Å²) in [5.41, 5.74) is 0.0722. The van der Waals surface area contributed by atoms with E-state index in [0.29, 0.717) is 12.0 Å². The lowest BCUT2D eigenvalue weighted by Gasteiger charge is -2.11. The normalized spacial score (nSPS) is 11.0. The fourth-order valence-corrected chi connectivity index (χ4v) is 3.28. The molecular weight excluding hydrogens is 375 g/mol. The fraction of sp³-hybridized carbons (Fsp3) is 0.105. The number of rotatable bonds is 4. The van der Waals surface area contributed by atoms with E-state index in [0.717, 1.165) is 22.6 Å². The van der Waals surface area contributed by atoms with Gasteiger partial charge in [-0.15, -0.1) is 11.3 Å². The van der Waals surface area contributed by atoms with Crippen LogP contribution >= 0.6 is 11.3 Å². The van der Waals surface area contributed by atoms with Crippen LogP contribution in [0.3, 0.4) is 0 Å². The highest BCUT2D eigenvalue weighted by molar-refractivity contribution is 7.15. The largest absolute Gasteiger partial charge is 0.417 e. The fourth-order valence-electron chi connectivity index (χ4n) is 2.44. The van der Waals surface area contributed by atoms with Crippen LogP contribution in [0.15, 0.2) is 54.7 Å². The van der Waals surface area contributed by atoms with Gasteiger partial charge in [0.1, 0.15) is 0 Å². The Kier molecular flexibility index (Phi) is 5.23. The Morgan fingerprint density at radius 2 is 1.85 bits per heavy atom. The summed E-state index contributed by atoms with van der Waals surface area (Å²) < 4.78 is 39.1. The molecule has 2 aromatic carbocycles. The number of carbonyl (C=O) groups is 1. The molecule has 8 heteroatoms. The molecule has 0 atom stereocenters. The van der Waals surface area contributed by atoms with Crippen LogP contribution in [0.5, 0.6) is 0 Å². The van der Waals surface area contributed by atoms with E-state index >= 15 is 0 Å². The number of nitriles is 1. The van der Waals surface area contributed by atoms with E-state index in [1.807, 2.05) is 18.2 Å². The zero-order valence-electron chi connectivity index (χ0n) is 13.7. The summed E-state index contributed by atoms with van der Waals surface area (Å²) >= 11 is 1.18. The molecule has 0 bridgehead atoms. The number of thiazole rings is 1. The van der Waals surface area contributed by atoms with Crippen molar-refractivity contribution < 1.29 is 18.0 Å². The van der Waals surface area contributed by atoms with Crippen LogP contribution in [-0.2, 0) is 12.6 Å². The highest BCUT2D eigenvalue weighted by Gasteiger charge is 2.34. The summed E-state index contributed by atoms with van der Waals surface area (Å²) in [5, 5.41) is 11.4. The minimum Gasteiger partial charge on any atom is -0.298 e. The van der Waals surface area contributed by atoms with Gasteiger partial charge in [0.05, 0.1) is 22.8 Å². The maximum atomic E-state index is 13.0. The Morgan fingerprint density at radius 1 is 1.15 bits per heavy atom. The van der Waals surface area contributed by atoms with E-state index in [1.54, 1.807) is 18.3 Å². The average Bonchev–Trinajstić information content (AvgIpc) is 3.08. The quantitative estimate of drug-likeness (QED) is 0.694. The molecule has 0 saturated carbocycles. The molecule has 0 saturated heterocycles. The van der Waals surface area contributed by atoms with Crippen molar-refractivity contribution in [2.75, 3.05) is 5.32 Å². The summed E-state index contributed by atoms with van der Waals surface area (Å²) in [6.07, 6.45) is -2.51. The minimum absolute atomic E-state index is 0.223. The Bertz CT molecular complexity index is 1000. The Balaban J connectivity index is 1.72. The van der Waals surface area contributed by atoms with Gasteiger partial charge in [0.2, 0.25) is 0 Å². The van der Waals surface area contributed by atoms with Crippen molar-refractivity contribution in [2.45, 2.75) is 12.6 Å². The van der Waals surface area contributed by atoms with Crippen LogP contribution in [0.1, 0.15) is 31.9 Å². The Morgan fingerprint density at radius 3 is 2.52 bits per heavy atom. The van der Waals surface area contributed by atoms with Crippen LogP contribution in [0.25, 0.3) is 0 Å². The third-order valence-corrected chi connectivity index (χ3v) is 4.63. The number of benzene rings is 2. The maximum Gasteiger partial charge on any atom is 0.417 e. The lowest BCUT2D eigenvalue weighted by Crippen LogP contribution is -2.18. The van der Waals surface area contributed by atoms with Gasteiger partial charge in [-0.25, -0.2) is 4.98 Å². The molecule has 4 nitrogen and oxygen atoms in total. The van der Waals surface area contributed by atoms with Gasteiger partial charge in [-0.05, 0) is 29.8 Å². The van der Waals surface area contributed by atoms with Crippen molar-refractivity contribution in [3.05, 3.63) is 81.9 Å². The number of nitrogens with zero attached hydrogens (tertiary/aromatic N) is 2. The van der Waals surface area contributed by atoms with Crippen LogP contribution in [0, 0.1) is 11.3 Å². The summed E-state index contributed by atoms with van der Waals surface area (Å²) in [6, 6.07) is 13.7. The molecule has 0 aliphatic rings. The molecule has 3 aromatic rings. The summed E-state index contributed by atoms with van der Waals surface area (Å²) in [7, 11) is 0. The van der Waals surface area contributed by atoms with Crippen molar-refractivity contribution in [1.82, 2.24) is 4.98 Å². The van der Waals surface area contributed by atoms with Crippen molar-refractivity contribution >= 4 is 22.4 Å². The second kappa shape index (κ2) is 7.60. The van der Waals surface area contributed by atoms with Crippen molar-refractivity contribution in [1.29, 1.82) is 5.26 Å². The molecular formula is C19H12F3N3OS. The third kappa shape index (κ3) is 4.51. The van der Waals surface area contributed by atoms with Gasteiger partial charge in [-0.2, -0.15) is 18.4 Å². The molecule has 0 fully saturated rings. The molecule has 0 radical (unpaired) electrons. The molecule has 136 valence electrons. The lowest BCUT2D eigenvalue weighted by atomic mass is 10.1. The molecule has 0 unspecified atom stereocenters. The molecule has 0 spiro atoms. The van der Waals surface area contributed by atoms with Crippen LogP contribution in [0.4, 0.5) is 18.3 Å². The van der Waals surface area contributed by atoms with Gasteiger partial charge in [-0.3, -0.25) is 10.1 Å². The van der Waals surface area contributed by atoms with Crippen LogP contribution in [0.2, 0.25) is 0 Å². The van der Waals surface area contributed by atoms with Crippen molar-refractivity contribution in [3.8, 4) is 6.07 Å². The van der Waals surface area contributed by atoms with Gasteiger partial charge in [0, 0.05) is 17.5 Å². The first-order chi connectivity index (χ1) is 12.9. The highest BCUT2D eigenvalue weighted by atomic mass is 32.1. The number of halogens is 3. The predicted molar refractivity (Wildman–Crippen MR) is 95.5 cm³/mol. The molecule has 1 aromatic heterocycles. The first kappa shape index (κ1) is 18.6. The van der Waals surface area contributed by atoms with Gasteiger partial charge in [0.25, 0.3) is 5.91 Å². The van der Waals surface area contributed by atoms with Crippen molar-refractivity contribution in [2.24, 2.45) is 0 Å². The SMILES string of the molecule is N#Cc1ccc(Cc2cnc(NC(=O)c3ccccc3C(F)(F)F)s2)cc1. The second-order valence-electron chi connectivity index (χ2n) is 5.61. The molecule has 1 amide bonds. The number of carbonyl (C=O) groups excluding carboxylic acids is 1. The molecule has 27 heavy (non-hydrogen) atoms. The lowest BCUT2D eigenvalue weighted by molar-refractivity contribution is -0.137.